The molecule has 0 aromatic heterocycles. The van der Waals surface area contributed by atoms with Gasteiger partial charge in [0.2, 0.25) is 17.7 Å². The largest absolute Gasteiger partial charge is 0.337 e. The zero-order valence-electron chi connectivity index (χ0n) is 19.1. The van der Waals surface area contributed by atoms with Crippen molar-refractivity contribution in [1.82, 2.24) is 9.80 Å². The van der Waals surface area contributed by atoms with Gasteiger partial charge in [-0.05, 0) is 36.8 Å². The van der Waals surface area contributed by atoms with Crippen LogP contribution in [0.25, 0.3) is 0 Å². The summed E-state index contributed by atoms with van der Waals surface area (Å²) >= 11 is 0. The zero-order valence-corrected chi connectivity index (χ0v) is 19.1. The van der Waals surface area contributed by atoms with Crippen LogP contribution in [0.5, 0.6) is 0 Å². The summed E-state index contributed by atoms with van der Waals surface area (Å²) in [6.07, 6.45) is 7.15. The van der Waals surface area contributed by atoms with Crippen molar-refractivity contribution in [2.45, 2.75) is 71.8 Å². The van der Waals surface area contributed by atoms with Gasteiger partial charge in [-0.3, -0.25) is 14.4 Å². The number of hydrogen-bond acceptors (Lipinski definition) is 3. The minimum absolute atomic E-state index is 0.00201. The van der Waals surface area contributed by atoms with E-state index in [0.29, 0.717) is 38.4 Å². The van der Waals surface area contributed by atoms with Crippen LogP contribution in [0.2, 0.25) is 0 Å². The Kier molecular flexibility index (Phi) is 8.50. The SMILES string of the molecule is CC(C)CC(=O)N1CCCCCCCN(C(=O)CN2CCCC2=O)Cc2ccccc21. The first-order valence-electron chi connectivity index (χ1n) is 11.9. The van der Waals surface area contributed by atoms with Gasteiger partial charge in [-0.2, -0.15) is 0 Å². The molecule has 1 fully saturated rings. The van der Waals surface area contributed by atoms with Crippen LogP contribution < -0.4 is 4.90 Å². The molecule has 0 saturated carbocycles. The van der Waals surface area contributed by atoms with Crippen LogP contribution in [-0.4, -0.2) is 53.7 Å². The molecule has 0 atom stereocenters. The van der Waals surface area contributed by atoms with Crippen LogP contribution >= 0.6 is 0 Å². The van der Waals surface area contributed by atoms with Crippen molar-refractivity contribution in [2.24, 2.45) is 5.92 Å². The van der Waals surface area contributed by atoms with Crippen LogP contribution in [-0.2, 0) is 20.9 Å². The molecule has 3 amide bonds. The number of amides is 3. The molecule has 0 unspecified atom stereocenters. The van der Waals surface area contributed by atoms with Gasteiger partial charge in [-0.1, -0.05) is 51.3 Å². The van der Waals surface area contributed by atoms with Crippen molar-refractivity contribution in [3.63, 3.8) is 0 Å². The van der Waals surface area contributed by atoms with Crippen LogP contribution in [0.4, 0.5) is 5.69 Å². The molecule has 170 valence electrons. The molecule has 2 aliphatic heterocycles. The summed E-state index contributed by atoms with van der Waals surface area (Å²) in [4.78, 5) is 43.7. The summed E-state index contributed by atoms with van der Waals surface area (Å²) in [7, 11) is 0. The summed E-state index contributed by atoms with van der Waals surface area (Å²) < 4.78 is 0. The molecule has 6 heteroatoms. The van der Waals surface area contributed by atoms with Gasteiger partial charge >= 0.3 is 0 Å². The number of para-hydroxylation sites is 1. The van der Waals surface area contributed by atoms with E-state index in [9.17, 15) is 14.4 Å². The zero-order chi connectivity index (χ0) is 22.2. The fourth-order valence-corrected chi connectivity index (χ4v) is 4.48. The predicted octanol–water partition coefficient (Wildman–Crippen LogP) is 3.98. The molecule has 0 N–H and O–H groups in total. The van der Waals surface area contributed by atoms with Gasteiger partial charge in [0.05, 0.1) is 6.54 Å². The Morgan fingerprint density at radius 2 is 1.61 bits per heavy atom. The van der Waals surface area contributed by atoms with Crippen LogP contribution in [0.3, 0.4) is 0 Å². The Morgan fingerprint density at radius 3 is 2.32 bits per heavy atom. The second-order valence-corrected chi connectivity index (χ2v) is 9.27. The van der Waals surface area contributed by atoms with Gasteiger partial charge < -0.3 is 14.7 Å². The standard InChI is InChI=1S/C25H37N3O3/c1-20(2)17-24(30)28-16-9-5-3-4-8-14-26(18-21-11-6-7-12-22(21)28)25(31)19-27-15-10-13-23(27)29/h6-7,11-12,20H,3-5,8-10,13-19H2,1-2H3. The molecule has 6 nitrogen and oxygen atoms in total. The summed E-state index contributed by atoms with van der Waals surface area (Å²) in [5.74, 6) is 0.535. The predicted molar refractivity (Wildman–Crippen MR) is 123 cm³/mol. The highest BCUT2D eigenvalue weighted by Gasteiger charge is 2.26. The topological polar surface area (TPSA) is 60.9 Å². The first kappa shape index (κ1) is 23.3. The van der Waals surface area contributed by atoms with E-state index in [1.54, 1.807) is 4.90 Å². The van der Waals surface area contributed by atoms with Crippen molar-refractivity contribution < 1.29 is 14.4 Å². The molecule has 31 heavy (non-hydrogen) atoms. The lowest BCUT2D eigenvalue weighted by atomic mass is 10.0. The molecular weight excluding hydrogens is 390 g/mol. The third kappa shape index (κ3) is 6.55. The maximum atomic E-state index is 13.1. The van der Waals surface area contributed by atoms with Gasteiger partial charge in [0.15, 0.2) is 0 Å². The van der Waals surface area contributed by atoms with Gasteiger partial charge in [-0.15, -0.1) is 0 Å². The quantitative estimate of drug-likeness (QED) is 0.730. The van der Waals surface area contributed by atoms with Crippen molar-refractivity contribution in [3.8, 4) is 0 Å². The number of carbonyl (C=O) groups excluding carboxylic acids is 3. The molecule has 0 spiro atoms. The summed E-state index contributed by atoms with van der Waals surface area (Å²) in [6.45, 7) is 6.86. The molecule has 0 radical (unpaired) electrons. The third-order valence-electron chi connectivity index (χ3n) is 6.19. The van der Waals surface area contributed by atoms with Crippen molar-refractivity contribution >= 4 is 23.4 Å². The van der Waals surface area contributed by atoms with E-state index < -0.39 is 0 Å². The van der Waals surface area contributed by atoms with E-state index in [1.165, 1.54) is 0 Å². The van der Waals surface area contributed by atoms with Crippen molar-refractivity contribution in [2.75, 3.05) is 31.1 Å². The number of nitrogens with zero attached hydrogens (tertiary/aromatic N) is 3. The minimum atomic E-state index is 0.00201. The normalized spacial score (nSPS) is 18.5. The number of carbonyl (C=O) groups is 3. The van der Waals surface area contributed by atoms with Crippen molar-refractivity contribution in [3.05, 3.63) is 29.8 Å². The second kappa shape index (κ2) is 11.3. The van der Waals surface area contributed by atoms with E-state index in [2.05, 4.69) is 13.8 Å². The monoisotopic (exact) mass is 427 g/mol. The average Bonchev–Trinajstić information content (AvgIpc) is 3.12. The number of rotatable bonds is 4. The number of hydrogen-bond donors (Lipinski definition) is 0. The number of benzene rings is 1. The Balaban J connectivity index is 1.84. The molecule has 1 aromatic rings. The molecule has 1 aromatic carbocycles. The van der Waals surface area contributed by atoms with Crippen LogP contribution in [0, 0.1) is 5.92 Å². The molecule has 0 aliphatic carbocycles. The number of anilines is 1. The van der Waals surface area contributed by atoms with Gasteiger partial charge in [0.1, 0.15) is 0 Å². The summed E-state index contributed by atoms with van der Waals surface area (Å²) in [6, 6.07) is 7.97. The van der Waals surface area contributed by atoms with Crippen molar-refractivity contribution in [1.29, 1.82) is 0 Å². The lowest BCUT2D eigenvalue weighted by molar-refractivity contribution is -0.138. The Morgan fingerprint density at radius 1 is 0.903 bits per heavy atom. The molecule has 2 aliphatic rings. The van der Waals surface area contributed by atoms with Gasteiger partial charge in [0, 0.05) is 44.7 Å². The fourth-order valence-electron chi connectivity index (χ4n) is 4.48. The van der Waals surface area contributed by atoms with E-state index in [4.69, 9.17) is 0 Å². The van der Waals surface area contributed by atoms with Crippen LogP contribution in [0.15, 0.2) is 24.3 Å². The maximum absolute atomic E-state index is 13.1. The third-order valence-corrected chi connectivity index (χ3v) is 6.19. The summed E-state index contributed by atoms with van der Waals surface area (Å²) in [5.41, 5.74) is 1.92. The second-order valence-electron chi connectivity index (χ2n) is 9.27. The average molecular weight is 428 g/mol. The van der Waals surface area contributed by atoms with E-state index in [1.807, 2.05) is 34.1 Å². The highest BCUT2D eigenvalue weighted by molar-refractivity contribution is 5.94. The number of likely N-dealkylation sites (tertiary alicyclic amines) is 1. The van der Waals surface area contributed by atoms with Gasteiger partial charge in [0.25, 0.3) is 0 Å². The Hall–Kier alpha value is -2.37. The minimum Gasteiger partial charge on any atom is -0.337 e. The molecule has 3 rings (SSSR count). The Labute approximate surface area is 186 Å². The molecule has 1 saturated heterocycles. The molecule has 2 heterocycles. The summed E-state index contributed by atoms with van der Waals surface area (Å²) in [5, 5.41) is 0. The molecular formula is C25H37N3O3. The van der Waals surface area contributed by atoms with E-state index >= 15 is 0 Å². The smallest absolute Gasteiger partial charge is 0.242 e. The Bertz CT molecular complexity index is 777. The maximum Gasteiger partial charge on any atom is 0.242 e. The first-order valence-corrected chi connectivity index (χ1v) is 11.9. The van der Waals surface area contributed by atoms with Gasteiger partial charge in [-0.25, -0.2) is 0 Å². The van der Waals surface area contributed by atoms with E-state index in [-0.39, 0.29) is 24.3 Å². The highest BCUT2D eigenvalue weighted by atomic mass is 16.2. The number of fused-ring (bicyclic) bond motifs is 1. The molecule has 0 bridgehead atoms. The highest BCUT2D eigenvalue weighted by Crippen LogP contribution is 2.26. The van der Waals surface area contributed by atoms with E-state index in [0.717, 1.165) is 56.3 Å². The lowest BCUT2D eigenvalue weighted by Gasteiger charge is -2.30. The van der Waals surface area contributed by atoms with Crippen LogP contribution in [0.1, 0.15) is 70.8 Å². The fraction of sp³-hybridized carbons (Fsp3) is 0.640. The first-order chi connectivity index (χ1) is 15.0. The lowest BCUT2D eigenvalue weighted by Crippen LogP contribution is -2.41.